The van der Waals surface area contributed by atoms with Crippen molar-refractivity contribution < 1.29 is 9.53 Å². The molecule has 21 heavy (non-hydrogen) atoms. The number of piperazine rings is 1. The Morgan fingerprint density at radius 3 is 2.48 bits per heavy atom. The van der Waals surface area contributed by atoms with Crippen LogP contribution in [0.3, 0.4) is 0 Å². The predicted octanol–water partition coefficient (Wildman–Crippen LogP) is 2.72. The molecule has 2 aliphatic rings. The van der Waals surface area contributed by atoms with Crippen molar-refractivity contribution in [1.82, 2.24) is 4.90 Å². The number of rotatable bonds is 3. The quantitative estimate of drug-likeness (QED) is 0.861. The van der Waals surface area contributed by atoms with Crippen LogP contribution in [0.15, 0.2) is 12.1 Å². The van der Waals surface area contributed by atoms with Gasteiger partial charge in [-0.3, -0.25) is 4.79 Å². The Hall–Kier alpha value is -1.42. The van der Waals surface area contributed by atoms with Gasteiger partial charge in [0.05, 0.1) is 12.8 Å². The second-order valence-electron chi connectivity index (χ2n) is 5.86. The first-order valence-electron chi connectivity index (χ1n) is 7.48. The van der Waals surface area contributed by atoms with E-state index in [1.54, 1.807) is 7.11 Å². The molecule has 0 unspecified atom stereocenters. The normalized spacial score (nSPS) is 18.8. The van der Waals surface area contributed by atoms with Crippen molar-refractivity contribution in [2.75, 3.05) is 38.2 Å². The highest BCUT2D eigenvalue weighted by Crippen LogP contribution is 2.35. The minimum Gasteiger partial charge on any atom is -0.495 e. The number of halogens is 1. The van der Waals surface area contributed by atoms with Gasteiger partial charge in [0, 0.05) is 43.2 Å². The molecule has 1 aliphatic heterocycles. The highest BCUT2D eigenvalue weighted by atomic mass is 35.5. The Labute approximate surface area is 130 Å². The second kappa shape index (κ2) is 5.76. The molecule has 1 aromatic carbocycles. The number of hydrogen-bond acceptors (Lipinski definition) is 3. The molecule has 1 saturated carbocycles. The molecule has 1 aromatic rings. The fourth-order valence-electron chi connectivity index (χ4n) is 2.81. The fraction of sp³-hybridized carbons (Fsp3) is 0.562. The number of carbonyl (C=O) groups is 1. The minimum absolute atomic E-state index is 0.309. The van der Waals surface area contributed by atoms with E-state index in [0.29, 0.717) is 11.8 Å². The van der Waals surface area contributed by atoms with E-state index in [0.717, 1.165) is 61.0 Å². The molecule has 0 bridgehead atoms. The summed E-state index contributed by atoms with van der Waals surface area (Å²) in [5.74, 6) is 1.45. The van der Waals surface area contributed by atoms with Gasteiger partial charge in [0.1, 0.15) is 5.75 Å². The van der Waals surface area contributed by atoms with Gasteiger partial charge in [-0.1, -0.05) is 11.6 Å². The van der Waals surface area contributed by atoms with Crippen LogP contribution in [-0.4, -0.2) is 44.1 Å². The Kier molecular flexibility index (Phi) is 3.98. The Balaban J connectivity index is 1.71. The zero-order chi connectivity index (χ0) is 15.0. The summed E-state index contributed by atoms with van der Waals surface area (Å²) in [5.41, 5.74) is 2.11. The minimum atomic E-state index is 0.309. The van der Waals surface area contributed by atoms with Crippen LogP contribution in [0.5, 0.6) is 5.75 Å². The van der Waals surface area contributed by atoms with E-state index in [2.05, 4.69) is 11.0 Å². The Bertz CT molecular complexity index is 549. The first kappa shape index (κ1) is 14.5. The zero-order valence-electron chi connectivity index (χ0n) is 12.6. The molecule has 2 fully saturated rings. The summed E-state index contributed by atoms with van der Waals surface area (Å²) in [6, 6.07) is 3.94. The van der Waals surface area contributed by atoms with E-state index >= 15 is 0 Å². The maximum absolute atomic E-state index is 12.1. The van der Waals surface area contributed by atoms with Crippen LogP contribution in [0, 0.1) is 12.8 Å². The molecular formula is C16H21ClN2O2. The van der Waals surface area contributed by atoms with Crippen molar-refractivity contribution >= 4 is 23.2 Å². The number of aryl methyl sites for hydroxylation is 1. The molecule has 0 spiro atoms. The lowest BCUT2D eigenvalue weighted by Crippen LogP contribution is -2.49. The molecule has 0 aromatic heterocycles. The molecule has 5 heteroatoms. The smallest absolute Gasteiger partial charge is 0.225 e. The van der Waals surface area contributed by atoms with Gasteiger partial charge in [-0.2, -0.15) is 0 Å². The van der Waals surface area contributed by atoms with Gasteiger partial charge in [-0.05, 0) is 31.4 Å². The van der Waals surface area contributed by atoms with Gasteiger partial charge in [-0.15, -0.1) is 0 Å². The topological polar surface area (TPSA) is 32.8 Å². The first-order chi connectivity index (χ1) is 10.1. The number of benzene rings is 1. The van der Waals surface area contributed by atoms with Crippen molar-refractivity contribution in [3.05, 3.63) is 22.7 Å². The van der Waals surface area contributed by atoms with Crippen molar-refractivity contribution in [3.63, 3.8) is 0 Å². The molecule has 1 amide bonds. The van der Waals surface area contributed by atoms with Gasteiger partial charge in [-0.25, -0.2) is 0 Å². The van der Waals surface area contributed by atoms with Crippen LogP contribution in [0.2, 0.25) is 5.02 Å². The lowest BCUT2D eigenvalue weighted by molar-refractivity contribution is -0.132. The van der Waals surface area contributed by atoms with Crippen LogP contribution < -0.4 is 9.64 Å². The summed E-state index contributed by atoms with van der Waals surface area (Å²) < 4.78 is 5.45. The fourth-order valence-corrected chi connectivity index (χ4v) is 2.97. The van der Waals surface area contributed by atoms with E-state index in [1.165, 1.54) is 0 Å². The zero-order valence-corrected chi connectivity index (χ0v) is 13.3. The highest BCUT2D eigenvalue weighted by molar-refractivity contribution is 6.31. The Morgan fingerprint density at radius 2 is 1.90 bits per heavy atom. The van der Waals surface area contributed by atoms with E-state index in [1.807, 2.05) is 17.9 Å². The molecule has 114 valence electrons. The van der Waals surface area contributed by atoms with Crippen molar-refractivity contribution in [1.29, 1.82) is 0 Å². The van der Waals surface area contributed by atoms with E-state index < -0.39 is 0 Å². The monoisotopic (exact) mass is 308 g/mol. The summed E-state index contributed by atoms with van der Waals surface area (Å²) in [5, 5.41) is 0.721. The number of anilines is 1. The molecule has 0 atom stereocenters. The van der Waals surface area contributed by atoms with Gasteiger partial charge >= 0.3 is 0 Å². The molecule has 1 aliphatic carbocycles. The maximum atomic E-state index is 12.1. The third-order valence-corrected chi connectivity index (χ3v) is 4.73. The number of carbonyl (C=O) groups excluding carboxylic acids is 1. The van der Waals surface area contributed by atoms with Crippen molar-refractivity contribution in [2.24, 2.45) is 5.92 Å². The lowest BCUT2D eigenvalue weighted by Gasteiger charge is -2.37. The van der Waals surface area contributed by atoms with Crippen molar-refractivity contribution in [3.8, 4) is 5.75 Å². The van der Waals surface area contributed by atoms with Crippen LogP contribution in [0.1, 0.15) is 18.4 Å². The van der Waals surface area contributed by atoms with Gasteiger partial charge in [0.25, 0.3) is 0 Å². The van der Waals surface area contributed by atoms with E-state index in [-0.39, 0.29) is 0 Å². The first-order valence-corrected chi connectivity index (χ1v) is 7.86. The SMILES string of the molecule is COc1cc(Cl)c(C)cc1N1CCN(C(=O)C2CC2)CC1. The van der Waals surface area contributed by atoms with Crippen molar-refractivity contribution in [2.45, 2.75) is 19.8 Å². The lowest BCUT2D eigenvalue weighted by atomic mass is 10.1. The highest BCUT2D eigenvalue weighted by Gasteiger charge is 2.34. The molecule has 3 rings (SSSR count). The molecule has 1 heterocycles. The summed E-state index contributed by atoms with van der Waals surface area (Å²) in [6.45, 7) is 5.27. The van der Waals surface area contributed by atoms with Crippen LogP contribution in [-0.2, 0) is 4.79 Å². The summed E-state index contributed by atoms with van der Waals surface area (Å²) in [4.78, 5) is 16.4. The summed E-state index contributed by atoms with van der Waals surface area (Å²) in [7, 11) is 1.66. The molecular weight excluding hydrogens is 288 g/mol. The van der Waals surface area contributed by atoms with Crippen LogP contribution >= 0.6 is 11.6 Å². The van der Waals surface area contributed by atoms with Gasteiger partial charge in [0.15, 0.2) is 0 Å². The molecule has 0 N–H and O–H groups in total. The largest absolute Gasteiger partial charge is 0.495 e. The van der Waals surface area contributed by atoms with Gasteiger partial charge < -0.3 is 14.5 Å². The average Bonchev–Trinajstić information content (AvgIpc) is 3.34. The number of methoxy groups -OCH3 is 1. The third-order valence-electron chi connectivity index (χ3n) is 4.32. The second-order valence-corrected chi connectivity index (χ2v) is 6.27. The number of nitrogens with zero attached hydrogens (tertiary/aromatic N) is 2. The molecule has 0 radical (unpaired) electrons. The summed E-state index contributed by atoms with van der Waals surface area (Å²) in [6.07, 6.45) is 2.15. The molecule has 1 saturated heterocycles. The van der Waals surface area contributed by atoms with E-state index in [4.69, 9.17) is 16.3 Å². The van der Waals surface area contributed by atoms with Gasteiger partial charge in [0.2, 0.25) is 5.91 Å². The average molecular weight is 309 g/mol. The third kappa shape index (κ3) is 2.95. The molecule has 4 nitrogen and oxygen atoms in total. The van der Waals surface area contributed by atoms with Crippen LogP contribution in [0.25, 0.3) is 0 Å². The standard InChI is InChI=1S/C16H21ClN2O2/c1-11-9-14(15(21-2)10-13(11)17)18-5-7-19(8-6-18)16(20)12-3-4-12/h9-10,12H,3-8H2,1-2H3. The number of ether oxygens (including phenoxy) is 1. The maximum Gasteiger partial charge on any atom is 0.225 e. The number of hydrogen-bond donors (Lipinski definition) is 0. The predicted molar refractivity (Wildman–Crippen MR) is 84.3 cm³/mol. The summed E-state index contributed by atoms with van der Waals surface area (Å²) >= 11 is 6.16. The number of amides is 1. The van der Waals surface area contributed by atoms with Crippen LogP contribution in [0.4, 0.5) is 5.69 Å². The Morgan fingerprint density at radius 1 is 1.24 bits per heavy atom. The van der Waals surface area contributed by atoms with E-state index in [9.17, 15) is 4.79 Å².